The monoisotopic (exact) mass is 142 g/mol. The molecule has 0 aliphatic rings. The van der Waals surface area contributed by atoms with Crippen molar-refractivity contribution in [3.05, 3.63) is 30.3 Å². The summed E-state index contributed by atoms with van der Waals surface area (Å²) in [6, 6.07) is 9.37. The third-order valence-electron chi connectivity index (χ3n) is 1.09. The molecule has 0 unspecified atom stereocenters. The van der Waals surface area contributed by atoms with E-state index in [4.69, 9.17) is 0 Å². The van der Waals surface area contributed by atoms with Crippen LogP contribution in [-0.4, -0.2) is 5.91 Å². The largest absolute Gasteiger partial charge is 0.326 e. The summed E-state index contributed by atoms with van der Waals surface area (Å²) in [6.07, 6.45) is 0. The van der Waals surface area contributed by atoms with Gasteiger partial charge in [-0.3, -0.25) is 4.79 Å². The standard InChI is InChI=1S/C8H9NO/c1-7(10)9-8-5-3-2-4-6-8/h2-6H,1H3,(H,9,10)/i2+1,3+1,4+1,5+1,6+1,7+1,8+1. The van der Waals surface area contributed by atoms with E-state index in [1.807, 2.05) is 30.3 Å². The molecule has 1 rings (SSSR count). The van der Waals surface area contributed by atoms with Crippen molar-refractivity contribution in [1.29, 1.82) is 0 Å². The summed E-state index contributed by atoms with van der Waals surface area (Å²) >= 11 is 0. The maximum Gasteiger partial charge on any atom is 0.221 e. The first-order chi connectivity index (χ1) is 4.79. The molecular weight excluding hydrogens is 133 g/mol. The zero-order valence-electron chi connectivity index (χ0n) is 5.79. The van der Waals surface area contributed by atoms with Gasteiger partial charge in [-0.2, -0.15) is 0 Å². The van der Waals surface area contributed by atoms with E-state index in [1.54, 1.807) is 0 Å². The van der Waals surface area contributed by atoms with E-state index in [-0.39, 0.29) is 5.91 Å². The Hall–Kier alpha value is -1.31. The highest BCUT2D eigenvalue weighted by atomic mass is 16.2. The summed E-state index contributed by atoms with van der Waals surface area (Å²) in [5.74, 6) is -0.0359. The molecule has 0 heterocycles. The number of anilines is 1. The predicted molar refractivity (Wildman–Crippen MR) is 40.7 cm³/mol. The number of amides is 1. The van der Waals surface area contributed by atoms with Crippen molar-refractivity contribution in [3.8, 4) is 0 Å². The molecule has 2 nitrogen and oxygen atoms in total. The second-order valence-corrected chi connectivity index (χ2v) is 2.05. The van der Waals surface area contributed by atoms with Crippen LogP contribution >= 0.6 is 0 Å². The van der Waals surface area contributed by atoms with Crippen molar-refractivity contribution in [2.24, 2.45) is 0 Å². The number of carbonyl (C=O) groups excluding carboxylic acids is 1. The van der Waals surface area contributed by atoms with Crippen LogP contribution in [0.5, 0.6) is 0 Å². The molecule has 1 aromatic rings. The second-order valence-electron chi connectivity index (χ2n) is 2.05. The van der Waals surface area contributed by atoms with Gasteiger partial charge in [-0.05, 0) is 12.1 Å². The fraction of sp³-hybridized carbons (Fsp3) is 0.125. The number of para-hydroxylation sites is 1. The van der Waals surface area contributed by atoms with Crippen LogP contribution < -0.4 is 5.32 Å². The van der Waals surface area contributed by atoms with E-state index < -0.39 is 0 Å². The average Bonchev–Trinajstić information content (AvgIpc) is 1.88. The Kier molecular flexibility index (Phi) is 2.05. The third kappa shape index (κ3) is 1.90. The molecule has 0 fully saturated rings. The van der Waals surface area contributed by atoms with Crippen LogP contribution in [0, 0.1) is 0 Å². The van der Waals surface area contributed by atoms with E-state index in [0.29, 0.717) is 0 Å². The van der Waals surface area contributed by atoms with Crippen molar-refractivity contribution in [2.45, 2.75) is 6.92 Å². The number of benzene rings is 1. The highest BCUT2D eigenvalue weighted by molar-refractivity contribution is 5.88. The van der Waals surface area contributed by atoms with Crippen molar-refractivity contribution < 1.29 is 4.79 Å². The zero-order valence-corrected chi connectivity index (χ0v) is 5.79. The molecule has 52 valence electrons. The van der Waals surface area contributed by atoms with E-state index in [1.165, 1.54) is 6.92 Å². The van der Waals surface area contributed by atoms with Gasteiger partial charge in [0.15, 0.2) is 0 Å². The van der Waals surface area contributed by atoms with E-state index in [2.05, 4.69) is 5.32 Å². The highest BCUT2D eigenvalue weighted by Gasteiger charge is 1.90. The number of hydrogen-bond acceptors (Lipinski definition) is 1. The Morgan fingerprint density at radius 1 is 1.30 bits per heavy atom. The number of carbonyl (C=O) groups is 1. The molecule has 10 heavy (non-hydrogen) atoms. The lowest BCUT2D eigenvalue weighted by molar-refractivity contribution is -0.114. The lowest BCUT2D eigenvalue weighted by Crippen LogP contribution is -2.04. The maximum absolute atomic E-state index is 10.5. The Balaban J connectivity index is 2.67. The molecule has 0 aliphatic carbocycles. The molecule has 0 spiro atoms. The van der Waals surface area contributed by atoms with Crippen LogP contribution in [0.15, 0.2) is 30.3 Å². The molecule has 0 atom stereocenters. The Morgan fingerprint density at radius 3 is 2.40 bits per heavy atom. The second kappa shape index (κ2) is 3.01. The van der Waals surface area contributed by atoms with Crippen LogP contribution in [0.25, 0.3) is 0 Å². The van der Waals surface area contributed by atoms with E-state index in [0.717, 1.165) is 5.69 Å². The van der Waals surface area contributed by atoms with Gasteiger partial charge in [0.2, 0.25) is 5.91 Å². The third-order valence-corrected chi connectivity index (χ3v) is 1.09. The summed E-state index contributed by atoms with van der Waals surface area (Å²) in [6.45, 7) is 1.49. The van der Waals surface area contributed by atoms with E-state index in [9.17, 15) is 4.79 Å². The van der Waals surface area contributed by atoms with Crippen molar-refractivity contribution >= 4 is 11.6 Å². The molecule has 1 amide bonds. The molecular formula is C8H9NO. The lowest BCUT2D eigenvalue weighted by atomic mass is 11.1. The van der Waals surface area contributed by atoms with Crippen LogP contribution in [0.3, 0.4) is 0 Å². The highest BCUT2D eigenvalue weighted by Crippen LogP contribution is 2.03. The van der Waals surface area contributed by atoms with Crippen molar-refractivity contribution in [2.75, 3.05) is 5.32 Å². The Labute approximate surface area is 59.9 Å². The smallest absolute Gasteiger partial charge is 0.221 e. The SMILES string of the molecule is C[13C](=O)N[13c]1[13cH][13cH][13cH][13cH][13cH]1. The fourth-order valence-electron chi connectivity index (χ4n) is 0.725. The van der Waals surface area contributed by atoms with Gasteiger partial charge in [-0.1, -0.05) is 18.2 Å². The fourth-order valence-corrected chi connectivity index (χ4v) is 0.725. The molecule has 0 radical (unpaired) electrons. The summed E-state index contributed by atoms with van der Waals surface area (Å²) in [5, 5.41) is 2.67. The topological polar surface area (TPSA) is 29.1 Å². The summed E-state index contributed by atoms with van der Waals surface area (Å²) in [5.41, 5.74) is 0.843. The Bertz CT molecular complexity index is 218. The number of rotatable bonds is 1. The van der Waals surface area contributed by atoms with Crippen LogP contribution in [-0.2, 0) is 4.79 Å². The van der Waals surface area contributed by atoms with Gasteiger partial charge in [0.25, 0.3) is 0 Å². The van der Waals surface area contributed by atoms with Gasteiger partial charge >= 0.3 is 0 Å². The molecule has 0 saturated carbocycles. The predicted octanol–water partition coefficient (Wildman–Crippen LogP) is 1.64. The zero-order chi connectivity index (χ0) is 7.40. The van der Waals surface area contributed by atoms with Gasteiger partial charge in [0.1, 0.15) is 0 Å². The van der Waals surface area contributed by atoms with Gasteiger partial charge in [-0.15, -0.1) is 0 Å². The van der Waals surface area contributed by atoms with Crippen molar-refractivity contribution in [1.82, 2.24) is 0 Å². The lowest BCUT2D eigenvalue weighted by Gasteiger charge is -1.98. The van der Waals surface area contributed by atoms with Crippen molar-refractivity contribution in [3.63, 3.8) is 0 Å². The summed E-state index contributed by atoms with van der Waals surface area (Å²) < 4.78 is 0. The molecule has 0 saturated heterocycles. The van der Waals surface area contributed by atoms with Gasteiger partial charge < -0.3 is 5.32 Å². The molecule has 0 bridgehead atoms. The van der Waals surface area contributed by atoms with Gasteiger partial charge in [0.05, 0.1) is 0 Å². The molecule has 1 N–H and O–H groups in total. The van der Waals surface area contributed by atoms with Gasteiger partial charge in [0, 0.05) is 12.6 Å². The summed E-state index contributed by atoms with van der Waals surface area (Å²) in [7, 11) is 0. The van der Waals surface area contributed by atoms with Crippen LogP contribution in [0.2, 0.25) is 0 Å². The summed E-state index contributed by atoms with van der Waals surface area (Å²) in [4.78, 5) is 10.5. The first-order valence-electron chi connectivity index (χ1n) is 3.11. The molecule has 0 aliphatic heterocycles. The molecule has 1 aromatic carbocycles. The van der Waals surface area contributed by atoms with Crippen LogP contribution in [0.1, 0.15) is 6.92 Å². The number of hydrogen-bond donors (Lipinski definition) is 1. The first kappa shape index (κ1) is 6.81. The minimum atomic E-state index is -0.0359. The van der Waals surface area contributed by atoms with Crippen LogP contribution in [0.4, 0.5) is 5.69 Å². The maximum atomic E-state index is 10.5. The number of nitrogens with one attached hydrogen (secondary N) is 1. The minimum absolute atomic E-state index is 0.0359. The molecule has 2 heteroatoms. The Morgan fingerprint density at radius 2 is 1.90 bits per heavy atom. The van der Waals surface area contributed by atoms with E-state index >= 15 is 0 Å². The average molecular weight is 142 g/mol. The molecule has 0 aromatic heterocycles. The van der Waals surface area contributed by atoms with Gasteiger partial charge in [-0.25, -0.2) is 0 Å². The minimum Gasteiger partial charge on any atom is -0.326 e. The quantitative estimate of drug-likeness (QED) is 0.593. The normalized spacial score (nSPS) is 8.90. The first-order valence-corrected chi connectivity index (χ1v) is 3.11.